The third-order valence-corrected chi connectivity index (χ3v) is 7.75. The Balaban J connectivity index is 1.11. The molecule has 34 heavy (non-hydrogen) atoms. The van der Waals surface area contributed by atoms with Crippen LogP contribution in [0.25, 0.3) is 11.0 Å². The predicted molar refractivity (Wildman–Crippen MR) is 129 cm³/mol. The number of anilines is 1. The maximum atomic E-state index is 12.7. The van der Waals surface area contributed by atoms with Gasteiger partial charge in [-0.2, -0.15) is 5.26 Å². The molecule has 176 valence electrons. The van der Waals surface area contributed by atoms with E-state index in [9.17, 15) is 4.79 Å². The van der Waals surface area contributed by atoms with Gasteiger partial charge in [0.05, 0.1) is 17.0 Å². The first-order chi connectivity index (χ1) is 16.6. The maximum Gasteiger partial charge on any atom is 0.260 e. The number of nitriles is 1. The van der Waals surface area contributed by atoms with Gasteiger partial charge in [0.25, 0.3) is 5.91 Å². The average molecular weight is 459 g/mol. The zero-order chi connectivity index (χ0) is 23.5. The monoisotopic (exact) mass is 458 g/mol. The summed E-state index contributed by atoms with van der Waals surface area (Å²) in [6.07, 6.45) is 10.3. The van der Waals surface area contributed by atoms with Crippen molar-refractivity contribution in [2.24, 2.45) is 5.41 Å². The van der Waals surface area contributed by atoms with E-state index in [4.69, 9.17) is 10.00 Å². The summed E-state index contributed by atoms with van der Waals surface area (Å²) in [7, 11) is 2.15. The highest BCUT2D eigenvalue weighted by atomic mass is 16.5. The number of hydrogen-bond acceptors (Lipinski definition) is 6. The number of hydrogen-bond donors (Lipinski definition) is 1. The number of nitrogens with one attached hydrogen (secondary N) is 1. The number of aromatic nitrogens is 3. The fraction of sp³-hybridized carbons (Fsp3) is 0.462. The van der Waals surface area contributed by atoms with Gasteiger partial charge in [0.1, 0.15) is 23.5 Å². The first-order valence-corrected chi connectivity index (χ1v) is 12.0. The van der Waals surface area contributed by atoms with E-state index in [1.165, 1.54) is 12.8 Å². The molecule has 8 heteroatoms. The lowest BCUT2D eigenvalue weighted by atomic mass is 9.66. The van der Waals surface area contributed by atoms with E-state index < -0.39 is 0 Å². The van der Waals surface area contributed by atoms with Gasteiger partial charge in [0.2, 0.25) is 0 Å². The van der Waals surface area contributed by atoms with Crippen molar-refractivity contribution in [2.45, 2.75) is 44.6 Å². The van der Waals surface area contributed by atoms with Gasteiger partial charge in [-0.15, -0.1) is 0 Å². The summed E-state index contributed by atoms with van der Waals surface area (Å²) in [6, 6.07) is 11.5. The molecule has 1 aliphatic carbocycles. The van der Waals surface area contributed by atoms with Gasteiger partial charge in [-0.3, -0.25) is 4.79 Å². The van der Waals surface area contributed by atoms with Crippen LogP contribution < -0.4 is 9.64 Å². The highest BCUT2D eigenvalue weighted by molar-refractivity contribution is 5.87. The summed E-state index contributed by atoms with van der Waals surface area (Å²) in [5.41, 5.74) is 1.80. The van der Waals surface area contributed by atoms with E-state index in [0.29, 0.717) is 22.8 Å². The second-order valence-electron chi connectivity index (χ2n) is 9.58. The van der Waals surface area contributed by atoms with E-state index in [2.05, 4.69) is 33.0 Å². The third-order valence-electron chi connectivity index (χ3n) is 7.75. The molecule has 3 heterocycles. The van der Waals surface area contributed by atoms with E-state index in [0.717, 1.165) is 55.6 Å². The quantitative estimate of drug-likeness (QED) is 0.623. The molecule has 0 atom stereocenters. The molecule has 3 aromatic rings. The van der Waals surface area contributed by atoms with Gasteiger partial charge in [0.15, 0.2) is 6.61 Å². The van der Waals surface area contributed by atoms with Crippen LogP contribution in [0.1, 0.15) is 44.1 Å². The summed E-state index contributed by atoms with van der Waals surface area (Å²) in [4.78, 5) is 29.0. The lowest BCUT2D eigenvalue weighted by Crippen LogP contribution is -2.47. The Morgan fingerprint density at radius 2 is 1.91 bits per heavy atom. The Morgan fingerprint density at radius 3 is 2.62 bits per heavy atom. The molecule has 2 aliphatic rings. The number of ether oxygens (including phenoxy) is 1. The minimum atomic E-state index is 0.0342. The molecule has 1 amide bonds. The molecule has 1 aliphatic heterocycles. The van der Waals surface area contributed by atoms with Crippen LogP contribution >= 0.6 is 0 Å². The number of carbonyl (C=O) groups is 1. The first-order valence-electron chi connectivity index (χ1n) is 12.0. The fourth-order valence-electron chi connectivity index (χ4n) is 5.51. The Bertz CT molecular complexity index is 1180. The molecule has 8 nitrogen and oxygen atoms in total. The highest BCUT2D eigenvalue weighted by Gasteiger charge is 2.40. The zero-order valence-corrected chi connectivity index (χ0v) is 19.5. The largest absolute Gasteiger partial charge is 0.484 e. The van der Waals surface area contributed by atoms with Gasteiger partial charge in [-0.1, -0.05) is 0 Å². The maximum absolute atomic E-state index is 12.7. The minimum absolute atomic E-state index is 0.0342. The summed E-state index contributed by atoms with van der Waals surface area (Å²) >= 11 is 0. The molecule has 0 unspecified atom stereocenters. The Hall–Kier alpha value is -3.60. The van der Waals surface area contributed by atoms with E-state index in [1.54, 1.807) is 30.6 Å². The summed E-state index contributed by atoms with van der Waals surface area (Å²) < 4.78 is 5.65. The van der Waals surface area contributed by atoms with Gasteiger partial charge >= 0.3 is 0 Å². The Morgan fingerprint density at radius 1 is 1.18 bits per heavy atom. The van der Waals surface area contributed by atoms with Crippen LogP contribution in [0, 0.1) is 16.7 Å². The number of fused-ring (bicyclic) bond motifs is 1. The lowest BCUT2D eigenvalue weighted by molar-refractivity contribution is -0.136. The van der Waals surface area contributed by atoms with Crippen molar-refractivity contribution in [3.05, 3.63) is 48.4 Å². The molecular formula is C26H30N6O2. The SMILES string of the molecule is CN(c1ncnc2[nH]ccc12)C1CCC2(CC1)CCN(C(=O)COc1ccc(C#N)cc1)CC2. The number of aromatic amines is 1. The number of H-pyrrole nitrogens is 1. The van der Waals surface area contributed by atoms with Crippen molar-refractivity contribution in [1.82, 2.24) is 19.9 Å². The van der Waals surface area contributed by atoms with E-state index in [-0.39, 0.29) is 12.5 Å². The number of amides is 1. The van der Waals surface area contributed by atoms with E-state index >= 15 is 0 Å². The third kappa shape index (κ3) is 4.43. The van der Waals surface area contributed by atoms with Crippen LogP contribution in [0.3, 0.4) is 0 Å². The smallest absolute Gasteiger partial charge is 0.260 e. The van der Waals surface area contributed by atoms with Crippen molar-refractivity contribution in [3.63, 3.8) is 0 Å². The lowest BCUT2D eigenvalue weighted by Gasteiger charge is -2.47. The van der Waals surface area contributed by atoms with Gasteiger partial charge < -0.3 is 19.5 Å². The van der Waals surface area contributed by atoms with Crippen molar-refractivity contribution in [2.75, 3.05) is 31.6 Å². The van der Waals surface area contributed by atoms with E-state index in [1.807, 2.05) is 17.2 Å². The van der Waals surface area contributed by atoms with Crippen LogP contribution in [-0.2, 0) is 4.79 Å². The average Bonchev–Trinajstić information content (AvgIpc) is 3.37. The number of piperidine rings is 1. The number of likely N-dealkylation sites (tertiary alicyclic amines) is 1. The van der Waals surface area contributed by atoms with Crippen molar-refractivity contribution in [3.8, 4) is 11.8 Å². The molecule has 1 spiro atoms. The topological polar surface area (TPSA) is 98.1 Å². The Kier molecular flexibility index (Phi) is 6.10. The minimum Gasteiger partial charge on any atom is -0.484 e. The zero-order valence-electron chi connectivity index (χ0n) is 19.5. The molecule has 1 saturated heterocycles. The molecule has 1 aromatic carbocycles. The van der Waals surface area contributed by atoms with Crippen molar-refractivity contribution >= 4 is 22.8 Å². The predicted octanol–water partition coefficient (Wildman–Crippen LogP) is 3.90. The molecule has 1 saturated carbocycles. The van der Waals surface area contributed by atoms with Crippen LogP contribution in [0.15, 0.2) is 42.9 Å². The Labute approximate surface area is 199 Å². The second kappa shape index (κ2) is 9.34. The highest BCUT2D eigenvalue weighted by Crippen LogP contribution is 2.46. The van der Waals surface area contributed by atoms with Gasteiger partial charge in [0, 0.05) is 32.4 Å². The van der Waals surface area contributed by atoms with Crippen molar-refractivity contribution < 1.29 is 9.53 Å². The first kappa shape index (κ1) is 22.2. The summed E-state index contributed by atoms with van der Waals surface area (Å²) in [5.74, 6) is 1.64. The standard InChI is InChI=1S/C26H30N6O2/c1-31(25-22-8-13-28-24(22)29-18-30-25)20-6-9-26(10-7-20)11-14-32(15-12-26)23(33)17-34-21-4-2-19(16-27)3-5-21/h2-5,8,13,18,20H,6-7,9-12,14-15,17H2,1H3,(H,28,29,30). The summed E-state index contributed by atoms with van der Waals surface area (Å²) in [5, 5.41) is 9.96. The molecule has 0 bridgehead atoms. The number of nitrogens with zero attached hydrogens (tertiary/aromatic N) is 5. The molecule has 1 N–H and O–H groups in total. The van der Waals surface area contributed by atoms with Crippen LogP contribution in [-0.4, -0.2) is 58.5 Å². The van der Waals surface area contributed by atoms with Crippen LogP contribution in [0.2, 0.25) is 0 Å². The number of benzene rings is 1. The fourth-order valence-corrected chi connectivity index (χ4v) is 5.51. The molecule has 5 rings (SSSR count). The number of carbonyl (C=O) groups excluding carboxylic acids is 1. The second-order valence-corrected chi connectivity index (χ2v) is 9.58. The molecular weight excluding hydrogens is 428 g/mol. The number of rotatable bonds is 5. The van der Waals surface area contributed by atoms with Crippen LogP contribution in [0.4, 0.5) is 5.82 Å². The summed E-state index contributed by atoms with van der Waals surface area (Å²) in [6.45, 7) is 1.64. The van der Waals surface area contributed by atoms with Crippen molar-refractivity contribution in [1.29, 1.82) is 5.26 Å². The van der Waals surface area contributed by atoms with Gasteiger partial charge in [-0.25, -0.2) is 9.97 Å². The van der Waals surface area contributed by atoms with Crippen LogP contribution in [0.5, 0.6) is 5.75 Å². The normalized spacial score (nSPS) is 18.1. The molecule has 2 aromatic heterocycles. The molecule has 2 fully saturated rings. The molecule has 0 radical (unpaired) electrons. The van der Waals surface area contributed by atoms with Gasteiger partial charge in [-0.05, 0) is 74.3 Å².